The summed E-state index contributed by atoms with van der Waals surface area (Å²) in [6.07, 6.45) is -0.730. The number of hydrogen-bond acceptors (Lipinski definition) is 4. The SMILES string of the molecule is CC(C)Oc1ccc([C@H](O)CNC(=O)CNc2cccc(F)c2)cc1. The summed E-state index contributed by atoms with van der Waals surface area (Å²) in [6, 6.07) is 13.0. The second kappa shape index (κ2) is 9.03. The Balaban J connectivity index is 1.76. The van der Waals surface area contributed by atoms with E-state index in [4.69, 9.17) is 4.74 Å². The third-order valence-electron chi connectivity index (χ3n) is 3.41. The molecule has 0 spiro atoms. The zero-order valence-corrected chi connectivity index (χ0v) is 14.3. The highest BCUT2D eigenvalue weighted by Gasteiger charge is 2.10. The molecule has 3 N–H and O–H groups in total. The van der Waals surface area contributed by atoms with Crippen LogP contribution in [0.1, 0.15) is 25.5 Å². The minimum atomic E-state index is -0.814. The van der Waals surface area contributed by atoms with Crippen LogP contribution in [-0.2, 0) is 4.79 Å². The monoisotopic (exact) mass is 346 g/mol. The Hall–Kier alpha value is -2.60. The van der Waals surface area contributed by atoms with Crippen molar-refractivity contribution >= 4 is 11.6 Å². The lowest BCUT2D eigenvalue weighted by atomic mass is 10.1. The van der Waals surface area contributed by atoms with E-state index in [0.717, 1.165) is 5.75 Å². The largest absolute Gasteiger partial charge is 0.491 e. The van der Waals surface area contributed by atoms with E-state index in [0.29, 0.717) is 11.3 Å². The van der Waals surface area contributed by atoms with Gasteiger partial charge in [-0.2, -0.15) is 0 Å². The molecule has 0 aliphatic carbocycles. The van der Waals surface area contributed by atoms with E-state index >= 15 is 0 Å². The standard InChI is InChI=1S/C19H23FN2O3/c1-13(2)25-17-8-6-14(7-9-17)18(23)11-22-19(24)12-21-16-5-3-4-15(20)10-16/h3-10,13,18,21,23H,11-12H2,1-2H3,(H,22,24)/t18-/m1/s1. The van der Waals surface area contributed by atoms with Gasteiger partial charge >= 0.3 is 0 Å². The third-order valence-corrected chi connectivity index (χ3v) is 3.41. The van der Waals surface area contributed by atoms with Crippen molar-refractivity contribution in [2.24, 2.45) is 0 Å². The zero-order valence-electron chi connectivity index (χ0n) is 14.3. The first-order valence-electron chi connectivity index (χ1n) is 8.15. The molecule has 134 valence electrons. The minimum Gasteiger partial charge on any atom is -0.491 e. The Bertz CT molecular complexity index is 689. The molecule has 0 saturated carbocycles. The van der Waals surface area contributed by atoms with Crippen LogP contribution < -0.4 is 15.4 Å². The minimum absolute atomic E-state index is 0.00264. The molecule has 0 fully saturated rings. The lowest BCUT2D eigenvalue weighted by molar-refractivity contribution is -0.119. The summed E-state index contributed by atoms with van der Waals surface area (Å²) in [7, 11) is 0. The summed E-state index contributed by atoms with van der Waals surface area (Å²) in [5.41, 5.74) is 1.21. The average Bonchev–Trinajstić information content (AvgIpc) is 2.58. The third kappa shape index (κ3) is 6.43. The smallest absolute Gasteiger partial charge is 0.239 e. The van der Waals surface area contributed by atoms with Crippen molar-refractivity contribution < 1.29 is 19.0 Å². The van der Waals surface area contributed by atoms with Gasteiger partial charge in [-0.25, -0.2) is 4.39 Å². The number of carbonyl (C=O) groups is 1. The fraction of sp³-hybridized carbons (Fsp3) is 0.316. The number of carbonyl (C=O) groups excluding carboxylic acids is 1. The lowest BCUT2D eigenvalue weighted by Crippen LogP contribution is -2.33. The predicted octanol–water partition coefficient (Wildman–Crippen LogP) is 2.87. The number of ether oxygens (including phenoxy) is 1. The lowest BCUT2D eigenvalue weighted by Gasteiger charge is -2.14. The van der Waals surface area contributed by atoms with E-state index in [9.17, 15) is 14.3 Å². The summed E-state index contributed by atoms with van der Waals surface area (Å²) in [5, 5.41) is 15.6. The quantitative estimate of drug-likeness (QED) is 0.687. The average molecular weight is 346 g/mol. The van der Waals surface area contributed by atoms with Crippen molar-refractivity contribution in [2.75, 3.05) is 18.4 Å². The van der Waals surface area contributed by atoms with Gasteiger partial charge in [-0.3, -0.25) is 4.79 Å². The first kappa shape index (κ1) is 18.7. The maximum Gasteiger partial charge on any atom is 0.239 e. The number of amides is 1. The number of nitrogens with one attached hydrogen (secondary N) is 2. The number of benzene rings is 2. The molecule has 0 aliphatic rings. The Morgan fingerprint density at radius 1 is 1.20 bits per heavy atom. The Kier molecular flexibility index (Phi) is 6.77. The van der Waals surface area contributed by atoms with E-state index in [1.54, 1.807) is 36.4 Å². The normalized spacial score (nSPS) is 11.9. The molecule has 0 heterocycles. The van der Waals surface area contributed by atoms with Gasteiger partial charge in [0.2, 0.25) is 5.91 Å². The van der Waals surface area contributed by atoms with Crippen LogP contribution >= 0.6 is 0 Å². The van der Waals surface area contributed by atoms with Crippen LogP contribution in [-0.4, -0.2) is 30.2 Å². The highest BCUT2D eigenvalue weighted by molar-refractivity contribution is 5.80. The molecule has 1 atom stereocenters. The van der Waals surface area contributed by atoms with Crippen LogP contribution in [0.3, 0.4) is 0 Å². The zero-order chi connectivity index (χ0) is 18.2. The maximum absolute atomic E-state index is 13.0. The number of anilines is 1. The summed E-state index contributed by atoms with van der Waals surface area (Å²) < 4.78 is 18.6. The van der Waals surface area contributed by atoms with Crippen LogP contribution in [0.25, 0.3) is 0 Å². The van der Waals surface area contributed by atoms with Crippen LogP contribution in [0.4, 0.5) is 10.1 Å². The first-order chi connectivity index (χ1) is 11.9. The number of aliphatic hydroxyl groups is 1. The van der Waals surface area contributed by atoms with Gasteiger partial charge in [-0.05, 0) is 49.7 Å². The molecule has 0 saturated heterocycles. The summed E-state index contributed by atoms with van der Waals surface area (Å²) in [6.45, 7) is 3.97. The summed E-state index contributed by atoms with van der Waals surface area (Å²) in [4.78, 5) is 11.8. The van der Waals surface area contributed by atoms with Gasteiger partial charge in [-0.15, -0.1) is 0 Å². The number of halogens is 1. The molecule has 25 heavy (non-hydrogen) atoms. The summed E-state index contributed by atoms with van der Waals surface area (Å²) in [5.74, 6) is 0.0723. The van der Waals surface area contributed by atoms with Gasteiger partial charge in [0.05, 0.1) is 18.8 Å². The summed E-state index contributed by atoms with van der Waals surface area (Å²) >= 11 is 0. The van der Waals surface area contributed by atoms with E-state index in [2.05, 4.69) is 10.6 Å². The highest BCUT2D eigenvalue weighted by Crippen LogP contribution is 2.18. The Morgan fingerprint density at radius 2 is 1.92 bits per heavy atom. The predicted molar refractivity (Wildman–Crippen MR) is 95.1 cm³/mol. The van der Waals surface area contributed by atoms with E-state index in [-0.39, 0.29) is 30.9 Å². The van der Waals surface area contributed by atoms with Gasteiger partial charge in [0.25, 0.3) is 0 Å². The van der Waals surface area contributed by atoms with Crippen molar-refractivity contribution in [3.63, 3.8) is 0 Å². The van der Waals surface area contributed by atoms with Crippen molar-refractivity contribution in [1.29, 1.82) is 0 Å². The molecule has 0 bridgehead atoms. The number of rotatable bonds is 8. The van der Waals surface area contributed by atoms with Crippen molar-refractivity contribution in [1.82, 2.24) is 5.32 Å². The maximum atomic E-state index is 13.0. The molecule has 5 nitrogen and oxygen atoms in total. The van der Waals surface area contributed by atoms with E-state index in [1.807, 2.05) is 13.8 Å². The van der Waals surface area contributed by atoms with Crippen molar-refractivity contribution in [3.8, 4) is 5.75 Å². The fourth-order valence-corrected chi connectivity index (χ4v) is 2.21. The van der Waals surface area contributed by atoms with Crippen LogP contribution in [0.15, 0.2) is 48.5 Å². The molecule has 0 unspecified atom stereocenters. The molecule has 2 aromatic rings. The van der Waals surface area contributed by atoms with Gasteiger partial charge < -0.3 is 20.5 Å². The van der Waals surface area contributed by atoms with Crippen molar-refractivity contribution in [2.45, 2.75) is 26.1 Å². The van der Waals surface area contributed by atoms with Gasteiger partial charge in [0.15, 0.2) is 0 Å². The van der Waals surface area contributed by atoms with Crippen LogP contribution in [0.5, 0.6) is 5.75 Å². The molecule has 1 amide bonds. The second-order valence-electron chi connectivity index (χ2n) is 5.92. The molecule has 2 aromatic carbocycles. The van der Waals surface area contributed by atoms with E-state index < -0.39 is 6.10 Å². The molecule has 0 aliphatic heterocycles. The first-order valence-corrected chi connectivity index (χ1v) is 8.15. The topological polar surface area (TPSA) is 70.6 Å². The molecule has 0 aromatic heterocycles. The molecular formula is C19H23FN2O3. The fourth-order valence-electron chi connectivity index (χ4n) is 2.21. The Labute approximate surface area is 146 Å². The number of aliphatic hydroxyl groups excluding tert-OH is 1. The molecule has 0 radical (unpaired) electrons. The second-order valence-corrected chi connectivity index (χ2v) is 5.92. The van der Waals surface area contributed by atoms with Crippen LogP contribution in [0, 0.1) is 5.82 Å². The molecular weight excluding hydrogens is 323 g/mol. The highest BCUT2D eigenvalue weighted by atomic mass is 19.1. The van der Waals surface area contributed by atoms with Crippen LogP contribution in [0.2, 0.25) is 0 Å². The number of hydrogen-bond donors (Lipinski definition) is 3. The Morgan fingerprint density at radius 3 is 2.56 bits per heavy atom. The van der Waals surface area contributed by atoms with Gasteiger partial charge in [0.1, 0.15) is 11.6 Å². The molecule has 6 heteroatoms. The van der Waals surface area contributed by atoms with Crippen molar-refractivity contribution in [3.05, 3.63) is 59.9 Å². The van der Waals surface area contributed by atoms with Gasteiger partial charge in [-0.1, -0.05) is 18.2 Å². The van der Waals surface area contributed by atoms with E-state index in [1.165, 1.54) is 12.1 Å². The van der Waals surface area contributed by atoms with Gasteiger partial charge in [0, 0.05) is 12.2 Å². The molecule has 2 rings (SSSR count).